The molecule has 0 radical (unpaired) electrons. The fourth-order valence-corrected chi connectivity index (χ4v) is 4.99. The van der Waals surface area contributed by atoms with Gasteiger partial charge in [-0.1, -0.05) is 30.5 Å². The predicted molar refractivity (Wildman–Crippen MR) is 125 cm³/mol. The molecule has 0 aromatic heterocycles. The van der Waals surface area contributed by atoms with Gasteiger partial charge in [0.15, 0.2) is 0 Å². The Balaban J connectivity index is 1.52. The first-order chi connectivity index (χ1) is 14.9. The number of rotatable bonds is 8. The van der Waals surface area contributed by atoms with E-state index in [9.17, 15) is 13.2 Å². The van der Waals surface area contributed by atoms with E-state index < -0.39 is 10.0 Å². The number of sulfonamides is 1. The van der Waals surface area contributed by atoms with Crippen molar-refractivity contribution < 1.29 is 13.2 Å². The van der Waals surface area contributed by atoms with Gasteiger partial charge < -0.3 is 10.2 Å². The molecule has 0 unspecified atom stereocenters. The lowest BCUT2D eigenvalue weighted by atomic mass is 10.2. The molecule has 7 heteroatoms. The predicted octanol–water partition coefficient (Wildman–Crippen LogP) is 3.82. The molecule has 2 aromatic rings. The lowest BCUT2D eigenvalue weighted by Gasteiger charge is -2.20. The van der Waals surface area contributed by atoms with E-state index in [-0.39, 0.29) is 10.8 Å². The molecular weight excluding hydrogens is 410 g/mol. The molecule has 1 aliphatic heterocycles. The largest absolute Gasteiger partial charge is 0.352 e. The van der Waals surface area contributed by atoms with Gasteiger partial charge in [-0.25, -0.2) is 8.42 Å². The molecule has 6 nitrogen and oxygen atoms in total. The van der Waals surface area contributed by atoms with E-state index in [0.29, 0.717) is 17.8 Å². The molecule has 1 fully saturated rings. The normalized spacial score (nSPS) is 15.3. The summed E-state index contributed by atoms with van der Waals surface area (Å²) in [7, 11) is -2.12. The summed E-state index contributed by atoms with van der Waals surface area (Å²) in [6.07, 6.45) is 6.12. The smallest absolute Gasteiger partial charge is 0.264 e. The second-order valence-electron chi connectivity index (χ2n) is 8.20. The topological polar surface area (TPSA) is 69.7 Å². The average Bonchev–Trinajstić information content (AvgIpc) is 3.05. The van der Waals surface area contributed by atoms with Crippen LogP contribution in [0.5, 0.6) is 0 Å². The van der Waals surface area contributed by atoms with Gasteiger partial charge in [-0.3, -0.25) is 9.10 Å². The maximum absolute atomic E-state index is 12.8. The number of carbonyl (C=O) groups is 1. The molecule has 0 atom stereocenters. The van der Waals surface area contributed by atoms with Crippen molar-refractivity contribution in [2.24, 2.45) is 0 Å². The van der Waals surface area contributed by atoms with Crippen LogP contribution in [0.3, 0.4) is 0 Å². The maximum Gasteiger partial charge on any atom is 0.264 e. The van der Waals surface area contributed by atoms with Crippen molar-refractivity contribution in [1.82, 2.24) is 10.2 Å². The van der Waals surface area contributed by atoms with Crippen molar-refractivity contribution in [3.8, 4) is 0 Å². The highest BCUT2D eigenvalue weighted by Gasteiger charge is 2.21. The standard InChI is InChI=1S/C24H33N3O3S/c1-20-8-14-23(15-9-20)31(29,30)26(2)22-12-10-21(11-13-22)24(28)25-16-7-19-27-17-5-3-4-6-18-27/h8-15H,3-7,16-19H2,1-2H3,(H,25,28). The lowest BCUT2D eigenvalue weighted by Crippen LogP contribution is -2.30. The van der Waals surface area contributed by atoms with E-state index in [1.165, 1.54) is 37.0 Å². The number of nitrogens with zero attached hydrogens (tertiary/aromatic N) is 2. The number of benzene rings is 2. The maximum atomic E-state index is 12.8. The summed E-state index contributed by atoms with van der Waals surface area (Å²) in [5.41, 5.74) is 2.04. The van der Waals surface area contributed by atoms with Gasteiger partial charge in [0.2, 0.25) is 0 Å². The van der Waals surface area contributed by atoms with Crippen LogP contribution in [0.15, 0.2) is 53.4 Å². The zero-order valence-corrected chi connectivity index (χ0v) is 19.3. The molecule has 0 saturated carbocycles. The molecule has 0 aliphatic carbocycles. The highest BCUT2D eigenvalue weighted by Crippen LogP contribution is 2.22. The Kier molecular flexibility index (Phi) is 8.09. The summed E-state index contributed by atoms with van der Waals surface area (Å²) in [5.74, 6) is -0.133. The Hall–Kier alpha value is -2.38. The zero-order valence-electron chi connectivity index (χ0n) is 18.5. The Morgan fingerprint density at radius 1 is 0.968 bits per heavy atom. The van der Waals surface area contributed by atoms with E-state index in [2.05, 4.69) is 10.2 Å². The van der Waals surface area contributed by atoms with Crippen LogP contribution in [0.4, 0.5) is 5.69 Å². The second-order valence-corrected chi connectivity index (χ2v) is 10.2. The highest BCUT2D eigenvalue weighted by atomic mass is 32.2. The average molecular weight is 444 g/mol. The fraction of sp³-hybridized carbons (Fsp3) is 0.458. The van der Waals surface area contributed by atoms with Crippen molar-refractivity contribution >= 4 is 21.6 Å². The Morgan fingerprint density at radius 3 is 2.19 bits per heavy atom. The molecule has 0 bridgehead atoms. The van der Waals surface area contributed by atoms with Crippen LogP contribution in [0.25, 0.3) is 0 Å². The van der Waals surface area contributed by atoms with Gasteiger partial charge in [0.05, 0.1) is 10.6 Å². The minimum Gasteiger partial charge on any atom is -0.352 e. The highest BCUT2D eigenvalue weighted by molar-refractivity contribution is 7.92. The van der Waals surface area contributed by atoms with Crippen molar-refractivity contribution in [1.29, 1.82) is 0 Å². The fourth-order valence-electron chi connectivity index (χ4n) is 3.80. The first kappa shape index (κ1) is 23.3. The van der Waals surface area contributed by atoms with Crippen molar-refractivity contribution in [2.45, 2.75) is 43.9 Å². The zero-order chi connectivity index (χ0) is 22.3. The molecular formula is C24H33N3O3S. The van der Waals surface area contributed by atoms with Crippen LogP contribution in [0.1, 0.15) is 48.0 Å². The molecule has 1 heterocycles. The van der Waals surface area contributed by atoms with Gasteiger partial charge in [0.25, 0.3) is 15.9 Å². The van der Waals surface area contributed by atoms with Gasteiger partial charge >= 0.3 is 0 Å². The summed E-state index contributed by atoms with van der Waals surface area (Å²) in [6.45, 7) is 5.89. The number of hydrogen-bond donors (Lipinski definition) is 1. The lowest BCUT2D eigenvalue weighted by molar-refractivity contribution is 0.0951. The van der Waals surface area contributed by atoms with E-state index in [1.54, 1.807) is 48.5 Å². The first-order valence-corrected chi connectivity index (χ1v) is 12.5. The van der Waals surface area contributed by atoms with Crippen molar-refractivity contribution in [3.63, 3.8) is 0 Å². The van der Waals surface area contributed by atoms with Crippen molar-refractivity contribution in [3.05, 3.63) is 59.7 Å². The minimum absolute atomic E-state index is 0.133. The molecule has 1 N–H and O–H groups in total. The van der Waals surface area contributed by atoms with Gasteiger partial charge in [-0.15, -0.1) is 0 Å². The third-order valence-corrected chi connectivity index (χ3v) is 7.61. The molecule has 1 aliphatic rings. The number of amides is 1. The van der Waals surface area contributed by atoms with E-state index in [1.807, 2.05) is 6.92 Å². The van der Waals surface area contributed by atoms with Crippen LogP contribution in [0, 0.1) is 6.92 Å². The molecule has 3 rings (SSSR count). The monoisotopic (exact) mass is 443 g/mol. The number of aryl methyl sites for hydroxylation is 1. The quantitative estimate of drug-likeness (QED) is 0.630. The number of hydrogen-bond acceptors (Lipinski definition) is 4. The van der Waals surface area contributed by atoms with Gasteiger partial charge in [0.1, 0.15) is 0 Å². The van der Waals surface area contributed by atoms with Crippen molar-refractivity contribution in [2.75, 3.05) is 37.5 Å². The summed E-state index contributed by atoms with van der Waals surface area (Å²) < 4.78 is 26.9. The molecule has 0 spiro atoms. The van der Waals surface area contributed by atoms with Gasteiger partial charge in [-0.2, -0.15) is 0 Å². The van der Waals surface area contributed by atoms with Crippen LogP contribution >= 0.6 is 0 Å². The first-order valence-electron chi connectivity index (χ1n) is 11.0. The van der Waals surface area contributed by atoms with Crippen LogP contribution < -0.4 is 9.62 Å². The Morgan fingerprint density at radius 2 is 1.58 bits per heavy atom. The third-order valence-electron chi connectivity index (χ3n) is 5.81. The van der Waals surface area contributed by atoms with Crippen LogP contribution in [0.2, 0.25) is 0 Å². The SMILES string of the molecule is Cc1ccc(S(=O)(=O)N(C)c2ccc(C(=O)NCCCN3CCCCCC3)cc2)cc1. The summed E-state index contributed by atoms with van der Waals surface area (Å²) in [4.78, 5) is 15.2. The van der Waals surface area contributed by atoms with Crippen LogP contribution in [-0.4, -0.2) is 52.5 Å². The van der Waals surface area contributed by atoms with E-state index in [4.69, 9.17) is 0 Å². The second kappa shape index (κ2) is 10.8. The number of nitrogens with one attached hydrogen (secondary N) is 1. The Labute approximate surface area is 186 Å². The van der Waals surface area contributed by atoms with E-state index in [0.717, 1.165) is 31.6 Å². The summed E-state index contributed by atoms with van der Waals surface area (Å²) in [5, 5.41) is 2.97. The van der Waals surface area contributed by atoms with Gasteiger partial charge in [-0.05, 0) is 82.2 Å². The minimum atomic E-state index is -3.64. The summed E-state index contributed by atoms with van der Waals surface area (Å²) in [6, 6.07) is 13.4. The number of carbonyl (C=O) groups excluding carboxylic acids is 1. The molecule has 168 valence electrons. The molecule has 31 heavy (non-hydrogen) atoms. The van der Waals surface area contributed by atoms with Gasteiger partial charge in [0, 0.05) is 19.2 Å². The summed E-state index contributed by atoms with van der Waals surface area (Å²) >= 11 is 0. The number of anilines is 1. The molecule has 2 aromatic carbocycles. The van der Waals surface area contributed by atoms with Crippen LogP contribution in [-0.2, 0) is 10.0 Å². The van der Waals surface area contributed by atoms with E-state index >= 15 is 0 Å². The molecule has 1 saturated heterocycles. The third kappa shape index (κ3) is 6.31. The Bertz CT molecular complexity index is 949. The number of likely N-dealkylation sites (tertiary alicyclic amines) is 1. The molecule has 1 amide bonds.